The molecule has 0 aromatic carbocycles. The summed E-state index contributed by atoms with van der Waals surface area (Å²) < 4.78 is 0. The third kappa shape index (κ3) is 5.04. The number of thiazole rings is 1. The second-order valence-electron chi connectivity index (χ2n) is 5.73. The van der Waals surface area contributed by atoms with E-state index in [1.807, 2.05) is 18.4 Å². The van der Waals surface area contributed by atoms with Gasteiger partial charge >= 0.3 is 0 Å². The van der Waals surface area contributed by atoms with E-state index in [4.69, 9.17) is 4.98 Å². The first-order valence-corrected chi connectivity index (χ1v) is 8.35. The highest BCUT2D eigenvalue weighted by Crippen LogP contribution is 2.30. The van der Waals surface area contributed by atoms with E-state index in [2.05, 4.69) is 50.0 Å². The van der Waals surface area contributed by atoms with Gasteiger partial charge in [-0.2, -0.15) is 0 Å². The highest BCUT2D eigenvalue weighted by atomic mass is 32.1. The molecule has 1 aromatic rings. The van der Waals surface area contributed by atoms with Crippen molar-refractivity contribution in [3.05, 3.63) is 10.6 Å². The molecule has 0 aliphatic carbocycles. The first-order valence-electron chi connectivity index (χ1n) is 7.53. The lowest BCUT2D eigenvalue weighted by Gasteiger charge is -2.20. The zero-order valence-corrected chi connectivity index (χ0v) is 14.7. The van der Waals surface area contributed by atoms with Gasteiger partial charge < -0.3 is 15.1 Å². The van der Waals surface area contributed by atoms with E-state index in [0.29, 0.717) is 5.92 Å². The van der Waals surface area contributed by atoms with Crippen molar-refractivity contribution in [3.8, 4) is 0 Å². The Labute approximate surface area is 128 Å². The van der Waals surface area contributed by atoms with Crippen molar-refractivity contribution in [1.29, 1.82) is 0 Å². The molecule has 0 spiro atoms. The van der Waals surface area contributed by atoms with Crippen LogP contribution in [0.4, 0.5) is 5.13 Å². The molecule has 1 heterocycles. The van der Waals surface area contributed by atoms with Crippen LogP contribution in [0.15, 0.2) is 0 Å². The first kappa shape index (κ1) is 17.4. The molecule has 0 radical (unpaired) electrons. The van der Waals surface area contributed by atoms with Crippen molar-refractivity contribution in [2.75, 3.05) is 45.7 Å². The number of hydrogen-bond donors (Lipinski definition) is 1. The zero-order chi connectivity index (χ0) is 15.1. The third-order valence-electron chi connectivity index (χ3n) is 3.29. The van der Waals surface area contributed by atoms with Gasteiger partial charge in [-0.25, -0.2) is 4.98 Å². The van der Waals surface area contributed by atoms with Gasteiger partial charge in [0.2, 0.25) is 0 Å². The Bertz CT molecular complexity index is 387. The van der Waals surface area contributed by atoms with Gasteiger partial charge in [0.05, 0.1) is 5.69 Å². The Morgan fingerprint density at radius 2 is 1.95 bits per heavy atom. The summed E-state index contributed by atoms with van der Waals surface area (Å²) in [5.41, 5.74) is 1.26. The Hall–Kier alpha value is -0.650. The van der Waals surface area contributed by atoms with Crippen LogP contribution in [-0.2, 0) is 6.54 Å². The van der Waals surface area contributed by atoms with Gasteiger partial charge in [-0.3, -0.25) is 0 Å². The second-order valence-corrected chi connectivity index (χ2v) is 6.79. The van der Waals surface area contributed by atoms with Crippen molar-refractivity contribution >= 4 is 16.5 Å². The lowest BCUT2D eigenvalue weighted by atomic mass is 10.1. The van der Waals surface area contributed by atoms with Crippen LogP contribution < -0.4 is 10.2 Å². The maximum absolute atomic E-state index is 4.89. The summed E-state index contributed by atoms with van der Waals surface area (Å²) >= 11 is 1.84. The van der Waals surface area contributed by atoms with Crippen LogP contribution in [0.25, 0.3) is 0 Å². The summed E-state index contributed by atoms with van der Waals surface area (Å²) in [6, 6.07) is 0. The van der Waals surface area contributed by atoms with Crippen LogP contribution in [0.3, 0.4) is 0 Å². The quantitative estimate of drug-likeness (QED) is 0.759. The minimum atomic E-state index is 0.490. The minimum Gasteiger partial charge on any atom is -0.348 e. The van der Waals surface area contributed by atoms with Gasteiger partial charge in [0.25, 0.3) is 0 Å². The van der Waals surface area contributed by atoms with E-state index in [1.54, 1.807) is 0 Å². The highest BCUT2D eigenvalue weighted by molar-refractivity contribution is 7.15. The second kappa shape index (κ2) is 8.60. The molecule has 0 amide bonds. The molecule has 20 heavy (non-hydrogen) atoms. The SMILES string of the molecule is CCN(CCCN(C)C)c1nc(C(C)C)c(CNC)s1. The largest absolute Gasteiger partial charge is 0.348 e. The van der Waals surface area contributed by atoms with E-state index in [9.17, 15) is 0 Å². The minimum absolute atomic E-state index is 0.490. The number of hydrogen-bond acceptors (Lipinski definition) is 5. The average Bonchev–Trinajstić information content (AvgIpc) is 2.79. The van der Waals surface area contributed by atoms with E-state index in [1.165, 1.54) is 22.1 Å². The van der Waals surface area contributed by atoms with Gasteiger partial charge in [0.1, 0.15) is 0 Å². The molecule has 1 N–H and O–H groups in total. The summed E-state index contributed by atoms with van der Waals surface area (Å²) in [4.78, 5) is 10.9. The van der Waals surface area contributed by atoms with E-state index in [0.717, 1.165) is 26.2 Å². The first-order chi connectivity index (χ1) is 9.49. The molecule has 1 rings (SSSR count). The lowest BCUT2D eigenvalue weighted by Crippen LogP contribution is -2.26. The standard InChI is InChI=1S/C15H30N4S/c1-7-19(10-8-9-18(5)6)15-17-14(12(2)3)13(20-15)11-16-4/h12,16H,7-11H2,1-6H3. The van der Waals surface area contributed by atoms with Gasteiger partial charge in [-0.1, -0.05) is 13.8 Å². The smallest absolute Gasteiger partial charge is 0.185 e. The molecule has 0 aliphatic rings. The van der Waals surface area contributed by atoms with Crippen molar-refractivity contribution in [3.63, 3.8) is 0 Å². The molecule has 1 aromatic heterocycles. The Morgan fingerprint density at radius 1 is 1.25 bits per heavy atom. The molecule has 0 atom stereocenters. The highest BCUT2D eigenvalue weighted by Gasteiger charge is 2.17. The molecule has 0 bridgehead atoms. The molecule has 0 saturated carbocycles. The molecule has 0 fully saturated rings. The maximum atomic E-state index is 4.89. The Balaban J connectivity index is 2.78. The monoisotopic (exact) mass is 298 g/mol. The molecule has 0 saturated heterocycles. The predicted octanol–water partition coefficient (Wildman–Crippen LogP) is 2.76. The van der Waals surface area contributed by atoms with Crippen LogP contribution in [0.1, 0.15) is 43.7 Å². The van der Waals surface area contributed by atoms with Gasteiger partial charge in [0.15, 0.2) is 5.13 Å². The normalized spacial score (nSPS) is 11.6. The van der Waals surface area contributed by atoms with Crippen LogP contribution in [0, 0.1) is 0 Å². The van der Waals surface area contributed by atoms with Crippen molar-refractivity contribution in [2.24, 2.45) is 0 Å². The third-order valence-corrected chi connectivity index (χ3v) is 4.42. The average molecular weight is 298 g/mol. The van der Waals surface area contributed by atoms with Crippen molar-refractivity contribution < 1.29 is 0 Å². The molecule has 0 aliphatic heterocycles. The van der Waals surface area contributed by atoms with Crippen LogP contribution >= 0.6 is 11.3 Å². The predicted molar refractivity (Wildman–Crippen MR) is 90.0 cm³/mol. The Kier molecular flexibility index (Phi) is 7.48. The molecule has 116 valence electrons. The van der Waals surface area contributed by atoms with Crippen molar-refractivity contribution in [2.45, 2.75) is 39.7 Å². The van der Waals surface area contributed by atoms with Crippen LogP contribution in [-0.4, -0.2) is 50.7 Å². The fraction of sp³-hybridized carbons (Fsp3) is 0.800. The van der Waals surface area contributed by atoms with Gasteiger partial charge in [-0.15, -0.1) is 11.3 Å². The summed E-state index contributed by atoms with van der Waals surface area (Å²) in [7, 11) is 6.25. The van der Waals surface area contributed by atoms with E-state index < -0.39 is 0 Å². The number of anilines is 1. The van der Waals surface area contributed by atoms with E-state index in [-0.39, 0.29) is 0 Å². The fourth-order valence-corrected chi connectivity index (χ4v) is 3.51. The Morgan fingerprint density at radius 3 is 2.45 bits per heavy atom. The van der Waals surface area contributed by atoms with Crippen LogP contribution in [0.5, 0.6) is 0 Å². The summed E-state index contributed by atoms with van der Waals surface area (Å²) in [6.45, 7) is 10.8. The molecule has 4 nitrogen and oxygen atoms in total. The summed E-state index contributed by atoms with van der Waals surface area (Å²) in [6.07, 6.45) is 1.18. The van der Waals surface area contributed by atoms with Gasteiger partial charge in [0, 0.05) is 24.5 Å². The molecular formula is C15H30N4S. The molecule has 0 unspecified atom stereocenters. The maximum Gasteiger partial charge on any atom is 0.185 e. The number of nitrogens with one attached hydrogen (secondary N) is 1. The van der Waals surface area contributed by atoms with Crippen molar-refractivity contribution in [1.82, 2.24) is 15.2 Å². The molecule has 5 heteroatoms. The van der Waals surface area contributed by atoms with E-state index >= 15 is 0 Å². The zero-order valence-electron chi connectivity index (χ0n) is 13.9. The number of nitrogens with zero attached hydrogens (tertiary/aromatic N) is 3. The lowest BCUT2D eigenvalue weighted by molar-refractivity contribution is 0.400. The summed E-state index contributed by atoms with van der Waals surface area (Å²) in [5.74, 6) is 0.490. The topological polar surface area (TPSA) is 31.4 Å². The molecular weight excluding hydrogens is 268 g/mol. The number of aromatic nitrogens is 1. The van der Waals surface area contributed by atoms with Crippen LogP contribution in [0.2, 0.25) is 0 Å². The number of rotatable bonds is 9. The fourth-order valence-electron chi connectivity index (χ4n) is 2.19. The summed E-state index contributed by atoms with van der Waals surface area (Å²) in [5, 5.41) is 4.43. The van der Waals surface area contributed by atoms with Gasteiger partial charge in [-0.05, 0) is 47.0 Å².